The van der Waals surface area contributed by atoms with Crippen LogP contribution in [0.2, 0.25) is 0 Å². The molecule has 1 saturated carbocycles. The third-order valence-electron chi connectivity index (χ3n) is 4.47. The molecule has 0 aliphatic heterocycles. The standard InChI is InChI=1S/C14H20O4/c1-9-4-5-10-6-7-14(8-11(9)10,12(15)17-2)13(16)18-3/h10H,4-8H2,1-3H3. The molecule has 2 rings (SSSR count). The SMILES string of the molecule is COC(=O)C1(C(=O)OC)CCC2CCC(C)=C2C1. The molecule has 1 atom stereocenters. The number of rotatable bonds is 2. The molecule has 0 radical (unpaired) electrons. The van der Waals surface area contributed by atoms with Crippen molar-refractivity contribution in [1.82, 2.24) is 0 Å². The number of esters is 2. The summed E-state index contributed by atoms with van der Waals surface area (Å²) in [5.74, 6) is -0.368. The number of carbonyl (C=O) groups is 2. The number of methoxy groups -OCH3 is 2. The second kappa shape index (κ2) is 4.75. The Morgan fingerprint density at radius 1 is 1.17 bits per heavy atom. The van der Waals surface area contributed by atoms with Gasteiger partial charge in [-0.1, -0.05) is 11.1 Å². The quantitative estimate of drug-likeness (QED) is 0.429. The van der Waals surface area contributed by atoms with E-state index in [1.54, 1.807) is 0 Å². The highest BCUT2D eigenvalue weighted by molar-refractivity contribution is 6.00. The summed E-state index contributed by atoms with van der Waals surface area (Å²) in [5.41, 5.74) is 1.50. The van der Waals surface area contributed by atoms with Crippen LogP contribution in [0, 0.1) is 11.3 Å². The van der Waals surface area contributed by atoms with Gasteiger partial charge < -0.3 is 9.47 Å². The third-order valence-corrected chi connectivity index (χ3v) is 4.47. The Morgan fingerprint density at radius 3 is 2.33 bits per heavy atom. The van der Waals surface area contributed by atoms with Crippen LogP contribution in [0.1, 0.15) is 39.0 Å². The molecule has 0 N–H and O–H groups in total. The van der Waals surface area contributed by atoms with Crippen LogP contribution < -0.4 is 0 Å². The molecular weight excluding hydrogens is 232 g/mol. The van der Waals surface area contributed by atoms with Crippen molar-refractivity contribution in [3.8, 4) is 0 Å². The number of ether oxygens (including phenoxy) is 2. The van der Waals surface area contributed by atoms with Crippen molar-refractivity contribution in [1.29, 1.82) is 0 Å². The molecule has 2 aliphatic carbocycles. The Hall–Kier alpha value is -1.32. The van der Waals surface area contributed by atoms with Gasteiger partial charge in [0, 0.05) is 0 Å². The van der Waals surface area contributed by atoms with Gasteiger partial charge in [-0.15, -0.1) is 0 Å². The van der Waals surface area contributed by atoms with E-state index in [4.69, 9.17) is 9.47 Å². The minimum atomic E-state index is -1.11. The summed E-state index contributed by atoms with van der Waals surface area (Å²) in [6.07, 6.45) is 4.12. The van der Waals surface area contributed by atoms with E-state index >= 15 is 0 Å². The number of allylic oxidation sites excluding steroid dienone is 2. The first-order valence-electron chi connectivity index (χ1n) is 6.40. The zero-order chi connectivity index (χ0) is 13.3. The van der Waals surface area contributed by atoms with Crippen LogP contribution in [-0.2, 0) is 19.1 Å². The summed E-state index contributed by atoms with van der Waals surface area (Å²) in [6.45, 7) is 2.10. The summed E-state index contributed by atoms with van der Waals surface area (Å²) >= 11 is 0. The molecule has 0 amide bonds. The van der Waals surface area contributed by atoms with Crippen LogP contribution in [0.5, 0.6) is 0 Å². The zero-order valence-electron chi connectivity index (χ0n) is 11.2. The zero-order valence-corrected chi connectivity index (χ0v) is 11.2. The topological polar surface area (TPSA) is 52.6 Å². The number of fused-ring (bicyclic) bond motifs is 1. The van der Waals surface area contributed by atoms with Crippen molar-refractivity contribution in [2.75, 3.05) is 14.2 Å². The van der Waals surface area contributed by atoms with Gasteiger partial charge in [-0.3, -0.25) is 9.59 Å². The van der Waals surface area contributed by atoms with Gasteiger partial charge in [0.2, 0.25) is 0 Å². The van der Waals surface area contributed by atoms with Crippen molar-refractivity contribution in [3.63, 3.8) is 0 Å². The predicted octanol–water partition coefficient (Wildman–Crippen LogP) is 2.23. The van der Waals surface area contributed by atoms with Crippen molar-refractivity contribution in [2.45, 2.75) is 39.0 Å². The lowest BCUT2D eigenvalue weighted by Crippen LogP contribution is -2.44. The van der Waals surface area contributed by atoms with Crippen LogP contribution in [0.4, 0.5) is 0 Å². The van der Waals surface area contributed by atoms with E-state index in [2.05, 4.69) is 6.92 Å². The monoisotopic (exact) mass is 252 g/mol. The van der Waals surface area contributed by atoms with Crippen molar-refractivity contribution in [3.05, 3.63) is 11.1 Å². The Morgan fingerprint density at radius 2 is 1.78 bits per heavy atom. The molecule has 0 aromatic heterocycles. The van der Waals surface area contributed by atoms with Crippen LogP contribution >= 0.6 is 0 Å². The Bertz CT molecular complexity index is 392. The number of carbonyl (C=O) groups excluding carboxylic acids is 2. The average Bonchev–Trinajstić information content (AvgIpc) is 2.77. The van der Waals surface area contributed by atoms with Crippen LogP contribution in [0.25, 0.3) is 0 Å². The smallest absolute Gasteiger partial charge is 0.323 e. The van der Waals surface area contributed by atoms with E-state index in [1.807, 2.05) is 0 Å². The van der Waals surface area contributed by atoms with E-state index in [1.165, 1.54) is 25.4 Å². The Labute approximate surface area is 107 Å². The van der Waals surface area contributed by atoms with Crippen LogP contribution in [0.3, 0.4) is 0 Å². The maximum absolute atomic E-state index is 12.0. The molecule has 0 saturated heterocycles. The number of hydrogen-bond donors (Lipinski definition) is 0. The molecule has 18 heavy (non-hydrogen) atoms. The Kier molecular flexibility index (Phi) is 3.46. The molecule has 2 aliphatic rings. The first-order chi connectivity index (χ1) is 8.55. The molecule has 1 fully saturated rings. The molecule has 0 spiro atoms. The molecular formula is C14H20O4. The third kappa shape index (κ3) is 1.84. The summed E-state index contributed by atoms with van der Waals surface area (Å²) in [6, 6.07) is 0. The van der Waals surface area contributed by atoms with Crippen LogP contribution in [-0.4, -0.2) is 26.2 Å². The van der Waals surface area contributed by atoms with Gasteiger partial charge in [0.25, 0.3) is 0 Å². The lowest BCUT2D eigenvalue weighted by atomic mass is 9.68. The lowest BCUT2D eigenvalue weighted by molar-refractivity contribution is -0.171. The van der Waals surface area contributed by atoms with E-state index in [0.29, 0.717) is 18.8 Å². The highest BCUT2D eigenvalue weighted by Crippen LogP contribution is 2.50. The highest BCUT2D eigenvalue weighted by atomic mass is 16.5. The van der Waals surface area contributed by atoms with Crippen molar-refractivity contribution in [2.24, 2.45) is 11.3 Å². The minimum Gasteiger partial charge on any atom is -0.468 e. The highest BCUT2D eigenvalue weighted by Gasteiger charge is 2.52. The van der Waals surface area contributed by atoms with E-state index < -0.39 is 17.4 Å². The van der Waals surface area contributed by atoms with Gasteiger partial charge in [0.15, 0.2) is 5.41 Å². The van der Waals surface area contributed by atoms with E-state index in [9.17, 15) is 9.59 Å². The number of hydrogen-bond acceptors (Lipinski definition) is 4. The normalized spacial score (nSPS) is 25.6. The molecule has 4 nitrogen and oxygen atoms in total. The van der Waals surface area contributed by atoms with Gasteiger partial charge in [0.05, 0.1) is 14.2 Å². The minimum absolute atomic E-state index is 0.458. The van der Waals surface area contributed by atoms with Gasteiger partial charge in [-0.25, -0.2) is 0 Å². The average molecular weight is 252 g/mol. The summed E-state index contributed by atoms with van der Waals surface area (Å²) in [4.78, 5) is 24.1. The second-order valence-corrected chi connectivity index (χ2v) is 5.32. The second-order valence-electron chi connectivity index (χ2n) is 5.32. The first-order valence-corrected chi connectivity index (χ1v) is 6.40. The molecule has 100 valence electrons. The molecule has 0 aromatic rings. The van der Waals surface area contributed by atoms with Gasteiger partial charge in [0.1, 0.15) is 0 Å². The van der Waals surface area contributed by atoms with E-state index in [-0.39, 0.29) is 0 Å². The Balaban J connectivity index is 2.35. The maximum atomic E-state index is 12.0. The maximum Gasteiger partial charge on any atom is 0.323 e. The predicted molar refractivity (Wildman–Crippen MR) is 65.7 cm³/mol. The van der Waals surface area contributed by atoms with E-state index in [0.717, 1.165) is 19.3 Å². The van der Waals surface area contributed by atoms with Gasteiger partial charge >= 0.3 is 11.9 Å². The molecule has 0 aromatic carbocycles. The molecule has 4 heteroatoms. The van der Waals surface area contributed by atoms with Crippen molar-refractivity contribution >= 4 is 11.9 Å². The summed E-state index contributed by atoms with van der Waals surface area (Å²) < 4.78 is 9.67. The fourth-order valence-electron chi connectivity index (χ4n) is 3.34. The van der Waals surface area contributed by atoms with Crippen LogP contribution in [0.15, 0.2) is 11.1 Å². The summed E-state index contributed by atoms with van der Waals surface area (Å²) in [5, 5.41) is 0. The lowest BCUT2D eigenvalue weighted by Gasteiger charge is -2.36. The summed E-state index contributed by atoms with van der Waals surface area (Å²) in [7, 11) is 2.66. The largest absolute Gasteiger partial charge is 0.468 e. The molecule has 0 bridgehead atoms. The molecule has 1 unspecified atom stereocenters. The fourth-order valence-corrected chi connectivity index (χ4v) is 3.34. The first kappa shape index (κ1) is 13.1. The fraction of sp³-hybridized carbons (Fsp3) is 0.714. The van der Waals surface area contributed by atoms with Gasteiger partial charge in [-0.2, -0.15) is 0 Å². The van der Waals surface area contributed by atoms with Crippen molar-refractivity contribution < 1.29 is 19.1 Å². The molecule has 0 heterocycles. The van der Waals surface area contributed by atoms with Gasteiger partial charge in [-0.05, 0) is 44.9 Å².